The molecular formula is C28H54O3. The summed E-state index contributed by atoms with van der Waals surface area (Å²) in [5.41, 5.74) is -0.392. The Balaban J connectivity index is 5.30. The van der Waals surface area contributed by atoms with E-state index >= 15 is 0 Å². The van der Waals surface area contributed by atoms with Crippen molar-refractivity contribution in [3.63, 3.8) is 0 Å². The summed E-state index contributed by atoms with van der Waals surface area (Å²) in [5, 5.41) is 0. The van der Waals surface area contributed by atoms with Crippen LogP contribution in [0.3, 0.4) is 0 Å². The van der Waals surface area contributed by atoms with Crippen LogP contribution in [-0.2, 0) is 14.3 Å². The van der Waals surface area contributed by atoms with Crippen LogP contribution in [-0.4, -0.2) is 19.4 Å². The van der Waals surface area contributed by atoms with Gasteiger partial charge in [0.1, 0.15) is 0 Å². The van der Waals surface area contributed by atoms with Gasteiger partial charge < -0.3 is 9.47 Å². The summed E-state index contributed by atoms with van der Waals surface area (Å²) in [6, 6.07) is 0. The topological polar surface area (TPSA) is 35.5 Å². The molecule has 0 heterocycles. The maximum absolute atomic E-state index is 13.5. The predicted molar refractivity (Wildman–Crippen MR) is 134 cm³/mol. The fourth-order valence-electron chi connectivity index (χ4n) is 4.52. The van der Waals surface area contributed by atoms with E-state index in [1.807, 2.05) is 0 Å². The van der Waals surface area contributed by atoms with Gasteiger partial charge >= 0.3 is 5.97 Å². The molecule has 31 heavy (non-hydrogen) atoms. The van der Waals surface area contributed by atoms with Gasteiger partial charge in [0.05, 0.1) is 12.0 Å². The first-order chi connectivity index (χ1) is 14.7. The highest BCUT2D eigenvalue weighted by molar-refractivity contribution is 5.77. The minimum absolute atomic E-state index is 0.0292. The van der Waals surface area contributed by atoms with Gasteiger partial charge in [-0.15, -0.1) is 6.58 Å². The summed E-state index contributed by atoms with van der Waals surface area (Å²) in [5.74, 6) is 2.40. The van der Waals surface area contributed by atoms with Crippen molar-refractivity contribution in [2.75, 3.05) is 13.4 Å². The van der Waals surface area contributed by atoms with E-state index in [9.17, 15) is 4.79 Å². The zero-order valence-corrected chi connectivity index (χ0v) is 22.0. The van der Waals surface area contributed by atoms with Crippen molar-refractivity contribution >= 4 is 5.97 Å². The smallest absolute Gasteiger partial charge is 0.314 e. The summed E-state index contributed by atoms with van der Waals surface area (Å²) < 4.78 is 11.1. The molecule has 0 aliphatic rings. The second kappa shape index (κ2) is 17.7. The molecule has 0 aliphatic heterocycles. The normalized spacial score (nSPS) is 15.6. The highest BCUT2D eigenvalue weighted by Crippen LogP contribution is 2.43. The molecule has 0 amide bonds. The van der Waals surface area contributed by atoms with Gasteiger partial charge in [-0.05, 0) is 49.4 Å². The molecule has 0 rings (SSSR count). The van der Waals surface area contributed by atoms with Crippen LogP contribution in [0.2, 0.25) is 0 Å². The van der Waals surface area contributed by atoms with Crippen LogP contribution in [0.25, 0.3) is 0 Å². The van der Waals surface area contributed by atoms with Crippen molar-refractivity contribution in [3.05, 3.63) is 12.7 Å². The molecule has 3 atom stereocenters. The van der Waals surface area contributed by atoms with Crippen LogP contribution < -0.4 is 0 Å². The molecule has 0 aromatic rings. The average molecular weight is 439 g/mol. The van der Waals surface area contributed by atoms with Crippen LogP contribution in [0.4, 0.5) is 0 Å². The zero-order valence-electron chi connectivity index (χ0n) is 22.0. The van der Waals surface area contributed by atoms with Crippen LogP contribution in [0.5, 0.6) is 0 Å². The van der Waals surface area contributed by atoms with Gasteiger partial charge in [0.15, 0.2) is 6.79 Å². The summed E-state index contributed by atoms with van der Waals surface area (Å²) in [6.45, 7) is 20.1. The van der Waals surface area contributed by atoms with Crippen molar-refractivity contribution in [2.24, 2.45) is 29.1 Å². The maximum Gasteiger partial charge on any atom is 0.314 e. The third-order valence-electron chi connectivity index (χ3n) is 6.82. The molecule has 0 saturated heterocycles. The molecule has 0 bridgehead atoms. The first-order valence-corrected chi connectivity index (χ1v) is 13.0. The van der Waals surface area contributed by atoms with E-state index in [2.05, 4.69) is 55.0 Å². The average Bonchev–Trinajstić information content (AvgIpc) is 2.70. The lowest BCUT2D eigenvalue weighted by Crippen LogP contribution is -2.40. The molecule has 0 aromatic carbocycles. The molecule has 0 aromatic heterocycles. The number of esters is 1. The Bertz CT molecular complexity index is 457. The highest BCUT2D eigenvalue weighted by atomic mass is 16.7. The summed E-state index contributed by atoms with van der Waals surface area (Å²) in [6.07, 6.45) is 14.1. The highest BCUT2D eigenvalue weighted by Gasteiger charge is 2.43. The monoisotopic (exact) mass is 438 g/mol. The Labute approximate surface area is 194 Å². The van der Waals surface area contributed by atoms with Gasteiger partial charge in [0, 0.05) is 0 Å². The summed E-state index contributed by atoms with van der Waals surface area (Å²) in [7, 11) is 0. The van der Waals surface area contributed by atoms with Gasteiger partial charge in [0.25, 0.3) is 0 Å². The Hall–Kier alpha value is -0.830. The number of carbonyl (C=O) groups excluding carboxylic acids is 1. The van der Waals surface area contributed by atoms with E-state index in [0.717, 1.165) is 44.4 Å². The van der Waals surface area contributed by atoms with Gasteiger partial charge in [-0.25, -0.2) is 0 Å². The van der Waals surface area contributed by atoms with Crippen molar-refractivity contribution < 1.29 is 14.3 Å². The molecule has 0 saturated carbocycles. The minimum atomic E-state index is -0.392. The molecular weight excluding hydrogens is 384 g/mol. The van der Waals surface area contributed by atoms with Gasteiger partial charge in [-0.2, -0.15) is 0 Å². The van der Waals surface area contributed by atoms with E-state index in [0.29, 0.717) is 24.4 Å². The lowest BCUT2D eigenvalue weighted by atomic mass is 9.66. The van der Waals surface area contributed by atoms with E-state index in [1.165, 1.54) is 32.1 Å². The molecule has 0 spiro atoms. The molecule has 0 aliphatic carbocycles. The molecule has 0 N–H and O–H groups in total. The largest absolute Gasteiger partial charge is 0.438 e. The second-order valence-electron chi connectivity index (χ2n) is 10.7. The van der Waals surface area contributed by atoms with Crippen molar-refractivity contribution in [3.8, 4) is 0 Å². The Morgan fingerprint density at radius 1 is 0.871 bits per heavy atom. The van der Waals surface area contributed by atoms with Gasteiger partial charge in [-0.1, -0.05) is 99.5 Å². The molecule has 3 nitrogen and oxygen atoms in total. The number of hydrogen-bond donors (Lipinski definition) is 0. The number of carbonyl (C=O) groups is 1. The standard InChI is InChI=1S/C28H54O3/c1-9-11-19-28(26(8)17-13-15-24(5)6,27(29)31-22-30-21-10-2)20-18-25(7)16-12-14-23(3)4/h10,23-26H,2,9,11-22H2,1,3-8H3. The quantitative estimate of drug-likeness (QED) is 0.0826. The van der Waals surface area contributed by atoms with E-state index in [1.54, 1.807) is 6.08 Å². The minimum Gasteiger partial charge on any atom is -0.438 e. The third-order valence-corrected chi connectivity index (χ3v) is 6.82. The number of hydrogen-bond acceptors (Lipinski definition) is 3. The lowest BCUT2D eigenvalue weighted by molar-refractivity contribution is -0.173. The summed E-state index contributed by atoms with van der Waals surface area (Å²) >= 11 is 0. The molecule has 3 unspecified atom stereocenters. The molecule has 0 fully saturated rings. The Morgan fingerprint density at radius 3 is 2.03 bits per heavy atom. The van der Waals surface area contributed by atoms with Crippen molar-refractivity contribution in [2.45, 2.75) is 119 Å². The second-order valence-corrected chi connectivity index (χ2v) is 10.7. The van der Waals surface area contributed by atoms with E-state index in [4.69, 9.17) is 9.47 Å². The zero-order chi connectivity index (χ0) is 23.7. The molecule has 184 valence electrons. The third kappa shape index (κ3) is 13.3. The van der Waals surface area contributed by atoms with Crippen molar-refractivity contribution in [1.82, 2.24) is 0 Å². The summed E-state index contributed by atoms with van der Waals surface area (Å²) in [4.78, 5) is 13.5. The van der Waals surface area contributed by atoms with Gasteiger partial charge in [0.2, 0.25) is 0 Å². The van der Waals surface area contributed by atoms with Crippen LogP contribution in [0, 0.1) is 29.1 Å². The Kier molecular flexibility index (Phi) is 17.2. The fourth-order valence-corrected chi connectivity index (χ4v) is 4.52. The first-order valence-electron chi connectivity index (χ1n) is 13.0. The first kappa shape index (κ1) is 30.2. The number of rotatable bonds is 20. The van der Waals surface area contributed by atoms with Crippen LogP contribution in [0.15, 0.2) is 12.7 Å². The Morgan fingerprint density at radius 2 is 1.48 bits per heavy atom. The van der Waals surface area contributed by atoms with Crippen molar-refractivity contribution in [1.29, 1.82) is 0 Å². The number of unbranched alkanes of at least 4 members (excludes halogenated alkanes) is 1. The SMILES string of the molecule is C=CCOCOC(=O)C(CCCC)(CCC(C)CCCC(C)C)C(C)CCCC(C)C. The van der Waals surface area contributed by atoms with Crippen LogP contribution in [0.1, 0.15) is 119 Å². The van der Waals surface area contributed by atoms with Gasteiger partial charge in [-0.3, -0.25) is 4.79 Å². The predicted octanol–water partition coefficient (Wildman–Crippen LogP) is 8.57. The van der Waals surface area contributed by atoms with Crippen LogP contribution >= 0.6 is 0 Å². The fraction of sp³-hybridized carbons (Fsp3) is 0.893. The number of ether oxygens (including phenoxy) is 2. The van der Waals surface area contributed by atoms with E-state index in [-0.39, 0.29) is 12.8 Å². The van der Waals surface area contributed by atoms with E-state index < -0.39 is 5.41 Å². The maximum atomic E-state index is 13.5. The lowest BCUT2D eigenvalue weighted by Gasteiger charge is -2.38. The molecule has 0 radical (unpaired) electrons. The molecule has 3 heteroatoms.